The Balaban J connectivity index is 1.43. The van der Waals surface area contributed by atoms with Crippen molar-refractivity contribution in [3.63, 3.8) is 0 Å². The van der Waals surface area contributed by atoms with E-state index in [1.54, 1.807) is 71.8 Å². The number of nitrogens with one attached hydrogen (secondary N) is 1. The van der Waals surface area contributed by atoms with Crippen LogP contribution in [0.4, 0.5) is 10.8 Å². The number of hydrogen-bond acceptors (Lipinski definition) is 6. The van der Waals surface area contributed by atoms with Crippen LogP contribution in [0.15, 0.2) is 88.4 Å². The minimum atomic E-state index is -3.76. The Morgan fingerprint density at radius 2 is 1.76 bits per heavy atom. The summed E-state index contributed by atoms with van der Waals surface area (Å²) < 4.78 is 34.4. The zero-order valence-corrected chi connectivity index (χ0v) is 22.3. The highest BCUT2D eigenvalue weighted by atomic mass is 35.5. The number of sulfonamides is 1. The smallest absolute Gasteiger partial charge is 0.261 e. The lowest BCUT2D eigenvalue weighted by atomic mass is 10.2. The Bertz CT molecular complexity index is 1680. The number of rotatable bonds is 7. The number of aryl methyl sites for hydroxylation is 2. The molecule has 1 amide bonds. The first-order valence-corrected chi connectivity index (χ1v) is 14.0. The Morgan fingerprint density at radius 3 is 2.43 bits per heavy atom. The van der Waals surface area contributed by atoms with E-state index in [9.17, 15) is 13.2 Å². The second-order valence-corrected chi connectivity index (χ2v) is 11.6. The fourth-order valence-corrected chi connectivity index (χ4v) is 5.99. The highest BCUT2D eigenvalue weighted by Crippen LogP contribution is 2.35. The maximum Gasteiger partial charge on any atom is 0.261 e. The highest BCUT2D eigenvalue weighted by Gasteiger charge is 2.24. The molecule has 0 aliphatic rings. The van der Waals surface area contributed by atoms with Gasteiger partial charge in [0.2, 0.25) is 0 Å². The van der Waals surface area contributed by atoms with Gasteiger partial charge in [-0.15, -0.1) is 0 Å². The van der Waals surface area contributed by atoms with Gasteiger partial charge in [-0.2, -0.15) is 0 Å². The van der Waals surface area contributed by atoms with Crippen LogP contribution in [0.3, 0.4) is 0 Å². The van der Waals surface area contributed by atoms with E-state index in [0.29, 0.717) is 27.2 Å². The molecular weight excluding hydrogens is 530 g/mol. The minimum Gasteiger partial charge on any atom is -0.467 e. The number of nitrogens with zero attached hydrogens (tertiary/aromatic N) is 2. The molecule has 188 valence electrons. The summed E-state index contributed by atoms with van der Waals surface area (Å²) in [5, 5.41) is 1.11. The molecule has 0 bridgehead atoms. The number of carbonyl (C=O) groups excluding carboxylic acids is 1. The van der Waals surface area contributed by atoms with E-state index in [1.165, 1.54) is 11.3 Å². The molecule has 2 aromatic heterocycles. The maximum absolute atomic E-state index is 13.6. The number of thiazole rings is 1. The van der Waals surface area contributed by atoms with Gasteiger partial charge in [-0.3, -0.25) is 14.4 Å². The van der Waals surface area contributed by atoms with Crippen LogP contribution in [0.1, 0.15) is 27.2 Å². The molecule has 0 saturated heterocycles. The Morgan fingerprint density at radius 1 is 1.03 bits per heavy atom. The molecule has 0 saturated carbocycles. The number of anilines is 2. The SMILES string of the molecule is Cc1ccc(S(=O)(=O)Nc2ccc(C(=O)N(Cc3ccco3)c3nc4c(C)c(Cl)ccc4s3)cc2)cc1. The highest BCUT2D eigenvalue weighted by molar-refractivity contribution is 7.92. The average Bonchev–Trinajstić information content (AvgIpc) is 3.55. The molecule has 0 aliphatic carbocycles. The number of furan rings is 1. The lowest BCUT2D eigenvalue weighted by Crippen LogP contribution is -2.30. The number of aromatic nitrogens is 1. The van der Waals surface area contributed by atoms with Gasteiger partial charge >= 0.3 is 0 Å². The van der Waals surface area contributed by atoms with Crippen LogP contribution in [-0.2, 0) is 16.6 Å². The fraction of sp³-hybridized carbons (Fsp3) is 0.111. The first kappa shape index (κ1) is 25.0. The normalized spacial score (nSPS) is 11.5. The average molecular weight is 552 g/mol. The van der Waals surface area contributed by atoms with Gasteiger partial charge in [0.25, 0.3) is 15.9 Å². The molecule has 7 nitrogen and oxygen atoms in total. The van der Waals surface area contributed by atoms with E-state index in [2.05, 4.69) is 4.72 Å². The minimum absolute atomic E-state index is 0.161. The monoisotopic (exact) mass is 551 g/mol. The molecule has 5 rings (SSSR count). The third-order valence-corrected chi connectivity index (χ3v) is 8.67. The van der Waals surface area contributed by atoms with Crippen LogP contribution in [0.25, 0.3) is 10.2 Å². The first-order chi connectivity index (χ1) is 17.7. The van der Waals surface area contributed by atoms with E-state index < -0.39 is 10.0 Å². The van der Waals surface area contributed by atoms with Gasteiger partial charge in [-0.05, 0) is 80.1 Å². The van der Waals surface area contributed by atoms with E-state index in [0.717, 1.165) is 21.3 Å². The van der Waals surface area contributed by atoms with Gasteiger partial charge in [0.05, 0.1) is 27.9 Å². The Labute approximate surface area is 223 Å². The van der Waals surface area contributed by atoms with Crippen LogP contribution in [0.5, 0.6) is 0 Å². The van der Waals surface area contributed by atoms with E-state index in [4.69, 9.17) is 21.0 Å². The van der Waals surface area contributed by atoms with Gasteiger partial charge < -0.3 is 4.42 Å². The van der Waals surface area contributed by atoms with Crippen molar-refractivity contribution in [1.29, 1.82) is 0 Å². The lowest BCUT2D eigenvalue weighted by Gasteiger charge is -2.19. The van der Waals surface area contributed by atoms with Gasteiger partial charge in [0, 0.05) is 16.3 Å². The predicted molar refractivity (Wildman–Crippen MR) is 147 cm³/mol. The number of hydrogen-bond donors (Lipinski definition) is 1. The van der Waals surface area contributed by atoms with Gasteiger partial charge in [0.1, 0.15) is 5.76 Å². The predicted octanol–water partition coefficient (Wildman–Crippen LogP) is 6.81. The molecule has 0 unspecified atom stereocenters. The van der Waals surface area contributed by atoms with Crippen molar-refractivity contribution in [2.75, 3.05) is 9.62 Å². The zero-order chi connectivity index (χ0) is 26.2. The van der Waals surface area contributed by atoms with E-state index >= 15 is 0 Å². The number of halogens is 1. The molecule has 10 heteroatoms. The summed E-state index contributed by atoms with van der Waals surface area (Å²) in [7, 11) is -3.76. The quantitative estimate of drug-likeness (QED) is 0.240. The zero-order valence-electron chi connectivity index (χ0n) is 19.9. The third-order valence-electron chi connectivity index (χ3n) is 5.82. The number of amides is 1. The molecular formula is C27H22ClN3O4S2. The van der Waals surface area contributed by atoms with Crippen molar-refractivity contribution in [2.45, 2.75) is 25.3 Å². The van der Waals surface area contributed by atoms with Crippen LogP contribution >= 0.6 is 22.9 Å². The molecule has 0 radical (unpaired) electrons. The summed E-state index contributed by atoms with van der Waals surface area (Å²) in [6, 6.07) is 20.1. The van der Waals surface area contributed by atoms with Crippen molar-refractivity contribution >= 4 is 59.9 Å². The van der Waals surface area contributed by atoms with Crippen LogP contribution in [0, 0.1) is 13.8 Å². The van der Waals surface area contributed by atoms with Gasteiger partial charge in [0.15, 0.2) is 5.13 Å². The molecule has 0 spiro atoms. The van der Waals surface area contributed by atoms with Crippen molar-refractivity contribution in [3.8, 4) is 0 Å². The molecule has 0 aliphatic heterocycles. The van der Waals surface area contributed by atoms with Gasteiger partial charge in [-0.1, -0.05) is 40.6 Å². The molecule has 3 aromatic carbocycles. The summed E-state index contributed by atoms with van der Waals surface area (Å²) in [6.07, 6.45) is 1.55. The van der Waals surface area contributed by atoms with Crippen LogP contribution < -0.4 is 9.62 Å². The van der Waals surface area contributed by atoms with Gasteiger partial charge in [-0.25, -0.2) is 13.4 Å². The number of carbonyl (C=O) groups is 1. The Hall–Kier alpha value is -3.66. The molecule has 37 heavy (non-hydrogen) atoms. The number of fused-ring (bicyclic) bond motifs is 1. The number of benzene rings is 3. The molecule has 0 atom stereocenters. The topological polar surface area (TPSA) is 92.5 Å². The van der Waals surface area contributed by atoms with E-state index in [-0.39, 0.29) is 17.3 Å². The summed E-state index contributed by atoms with van der Waals surface area (Å²) in [5.41, 5.74) is 3.27. The third kappa shape index (κ3) is 5.24. The summed E-state index contributed by atoms with van der Waals surface area (Å²) >= 11 is 7.66. The van der Waals surface area contributed by atoms with E-state index in [1.807, 2.05) is 26.0 Å². The molecule has 1 N–H and O–H groups in total. The summed E-state index contributed by atoms with van der Waals surface area (Å²) in [5.74, 6) is 0.303. The van der Waals surface area contributed by atoms with Crippen molar-refractivity contribution < 1.29 is 17.6 Å². The van der Waals surface area contributed by atoms with Crippen molar-refractivity contribution in [1.82, 2.24) is 4.98 Å². The van der Waals surface area contributed by atoms with Crippen LogP contribution in [-0.4, -0.2) is 19.3 Å². The second kappa shape index (κ2) is 10.0. The summed E-state index contributed by atoms with van der Waals surface area (Å²) in [4.78, 5) is 20.1. The standard InChI is InChI=1S/C27H22ClN3O4S2/c1-17-5-11-22(12-6-17)37(33,34)30-20-9-7-19(8-10-20)26(32)31(16-21-4-3-15-35-21)27-29-25-18(2)23(28)13-14-24(25)36-27/h3-15,30H,16H2,1-2H3. The second-order valence-electron chi connectivity index (χ2n) is 8.48. The molecule has 5 aromatic rings. The largest absolute Gasteiger partial charge is 0.467 e. The first-order valence-electron chi connectivity index (χ1n) is 11.3. The van der Waals surface area contributed by atoms with Crippen molar-refractivity contribution in [3.05, 3.63) is 107 Å². The maximum atomic E-state index is 13.6. The summed E-state index contributed by atoms with van der Waals surface area (Å²) in [6.45, 7) is 3.96. The van der Waals surface area contributed by atoms with Crippen molar-refractivity contribution in [2.24, 2.45) is 0 Å². The van der Waals surface area contributed by atoms with Crippen LogP contribution in [0.2, 0.25) is 5.02 Å². The lowest BCUT2D eigenvalue weighted by molar-refractivity contribution is 0.0983. The fourth-order valence-electron chi connectivity index (χ4n) is 3.76. The Kier molecular flexibility index (Phi) is 6.76. The molecule has 0 fully saturated rings. The molecule has 2 heterocycles.